The molecule has 1 fully saturated rings. The lowest BCUT2D eigenvalue weighted by molar-refractivity contribution is 0.199. The molecule has 0 heterocycles. The molecule has 0 unspecified atom stereocenters. The van der Waals surface area contributed by atoms with Gasteiger partial charge >= 0.3 is 0 Å². The highest BCUT2D eigenvalue weighted by atomic mass is 14.6. The first-order chi connectivity index (χ1) is 7.53. The monoisotopic (exact) mass is 223 g/mol. The van der Waals surface area contributed by atoms with E-state index in [2.05, 4.69) is 27.7 Å². The Kier molecular flexibility index (Phi) is 4.89. The highest BCUT2D eigenvalue weighted by Gasteiger charge is 2.33. The van der Waals surface area contributed by atoms with E-state index in [9.17, 15) is 0 Å². The molecule has 1 heteroatoms. The summed E-state index contributed by atoms with van der Waals surface area (Å²) in [6.07, 6.45) is 9.24. The molecule has 2 N–H and O–H groups in total. The summed E-state index contributed by atoms with van der Waals surface area (Å²) < 4.78 is 0. The molecule has 1 aliphatic carbocycles. The second-order valence-electron chi connectivity index (χ2n) is 5.82. The predicted octanol–water partition coefficient (Wildman–Crippen LogP) is 4.63. The van der Waals surface area contributed by atoms with Crippen LogP contribution in [-0.2, 0) is 0 Å². The molecule has 0 aromatic carbocycles. The zero-order chi connectivity index (χ0) is 12.2. The van der Waals surface area contributed by atoms with Crippen LogP contribution in [0.4, 0.5) is 0 Å². The molecule has 1 nitrogen and oxygen atoms in total. The van der Waals surface area contributed by atoms with E-state index in [-0.39, 0.29) is 0 Å². The van der Waals surface area contributed by atoms with Gasteiger partial charge in [-0.1, -0.05) is 33.6 Å². The first kappa shape index (κ1) is 13.6. The first-order valence-electron chi connectivity index (χ1n) is 6.99. The van der Waals surface area contributed by atoms with Crippen LogP contribution in [0.5, 0.6) is 0 Å². The van der Waals surface area contributed by atoms with E-state index in [1.165, 1.54) is 44.9 Å². The normalized spacial score (nSPS) is 32.4. The van der Waals surface area contributed by atoms with Crippen LogP contribution in [0.25, 0.3) is 0 Å². The minimum Gasteiger partial charge on any atom is -0.402 e. The van der Waals surface area contributed by atoms with Crippen LogP contribution in [0.3, 0.4) is 0 Å². The van der Waals surface area contributed by atoms with Gasteiger partial charge in [0, 0.05) is 5.70 Å². The molecule has 0 aromatic heterocycles. The van der Waals surface area contributed by atoms with E-state index in [0.29, 0.717) is 5.41 Å². The summed E-state index contributed by atoms with van der Waals surface area (Å²) in [6, 6.07) is 0. The Bertz CT molecular complexity index is 240. The van der Waals surface area contributed by atoms with Gasteiger partial charge in [-0.15, -0.1) is 0 Å². The lowest BCUT2D eigenvalue weighted by atomic mass is 9.66. The number of hydrogen-bond acceptors (Lipinski definition) is 1. The van der Waals surface area contributed by atoms with Gasteiger partial charge in [0.25, 0.3) is 0 Å². The molecule has 94 valence electrons. The highest BCUT2D eigenvalue weighted by Crippen LogP contribution is 2.46. The van der Waals surface area contributed by atoms with Crippen LogP contribution < -0.4 is 5.73 Å². The Balaban J connectivity index is 2.74. The Morgan fingerprint density at radius 2 is 1.81 bits per heavy atom. The van der Waals surface area contributed by atoms with Crippen molar-refractivity contribution in [1.82, 2.24) is 0 Å². The Morgan fingerprint density at radius 1 is 1.25 bits per heavy atom. The van der Waals surface area contributed by atoms with Crippen LogP contribution in [0, 0.1) is 11.3 Å². The van der Waals surface area contributed by atoms with Crippen molar-refractivity contribution in [3.8, 4) is 0 Å². The van der Waals surface area contributed by atoms with Gasteiger partial charge in [0.1, 0.15) is 0 Å². The summed E-state index contributed by atoms with van der Waals surface area (Å²) in [6.45, 7) is 9.09. The maximum absolute atomic E-state index is 6.09. The van der Waals surface area contributed by atoms with E-state index in [1.54, 1.807) is 5.57 Å². The van der Waals surface area contributed by atoms with Crippen molar-refractivity contribution in [1.29, 1.82) is 0 Å². The molecule has 0 aliphatic heterocycles. The second-order valence-corrected chi connectivity index (χ2v) is 5.82. The van der Waals surface area contributed by atoms with Crippen molar-refractivity contribution in [2.75, 3.05) is 0 Å². The minimum absolute atomic E-state index is 0.403. The first-order valence-corrected chi connectivity index (χ1v) is 6.99. The van der Waals surface area contributed by atoms with Crippen LogP contribution in [-0.4, -0.2) is 0 Å². The Morgan fingerprint density at radius 3 is 2.19 bits per heavy atom. The summed E-state index contributed by atoms with van der Waals surface area (Å²) >= 11 is 0. The molecular formula is C15H29N. The van der Waals surface area contributed by atoms with E-state index in [4.69, 9.17) is 5.73 Å². The fourth-order valence-corrected chi connectivity index (χ4v) is 3.25. The average molecular weight is 223 g/mol. The van der Waals surface area contributed by atoms with Gasteiger partial charge in [-0.2, -0.15) is 0 Å². The van der Waals surface area contributed by atoms with Crippen molar-refractivity contribution in [2.24, 2.45) is 17.1 Å². The van der Waals surface area contributed by atoms with E-state index < -0.39 is 0 Å². The third kappa shape index (κ3) is 3.02. The molecular weight excluding hydrogens is 194 g/mol. The Labute approximate surface area is 101 Å². The molecule has 0 spiro atoms. The van der Waals surface area contributed by atoms with Crippen LogP contribution in [0.1, 0.15) is 72.6 Å². The maximum Gasteiger partial charge on any atom is 0.00463 e. The molecule has 1 aliphatic rings. The second kappa shape index (κ2) is 5.75. The zero-order valence-electron chi connectivity index (χ0n) is 11.6. The molecule has 16 heavy (non-hydrogen) atoms. The smallest absolute Gasteiger partial charge is 0.00463 e. The maximum atomic E-state index is 6.09. The minimum atomic E-state index is 0.403. The van der Waals surface area contributed by atoms with Gasteiger partial charge in [-0.25, -0.2) is 0 Å². The fraction of sp³-hybridized carbons (Fsp3) is 0.867. The SMILES string of the molecule is CCC/C(=C(/C)N)C1(C)CCC(CC)CC1. The number of allylic oxidation sites excluding steroid dienone is 2. The van der Waals surface area contributed by atoms with Crippen LogP contribution in [0.2, 0.25) is 0 Å². The van der Waals surface area contributed by atoms with E-state index in [1.807, 2.05) is 0 Å². The zero-order valence-corrected chi connectivity index (χ0v) is 11.6. The third-order valence-electron chi connectivity index (χ3n) is 4.49. The summed E-state index contributed by atoms with van der Waals surface area (Å²) in [5.74, 6) is 0.967. The summed E-state index contributed by atoms with van der Waals surface area (Å²) in [7, 11) is 0. The molecule has 0 amide bonds. The van der Waals surface area contributed by atoms with E-state index >= 15 is 0 Å². The summed E-state index contributed by atoms with van der Waals surface area (Å²) in [5.41, 5.74) is 9.12. The van der Waals surface area contributed by atoms with Gasteiger partial charge in [-0.05, 0) is 55.9 Å². The molecule has 1 rings (SSSR count). The van der Waals surface area contributed by atoms with Gasteiger partial charge in [0.05, 0.1) is 0 Å². The van der Waals surface area contributed by atoms with Crippen LogP contribution >= 0.6 is 0 Å². The predicted molar refractivity (Wildman–Crippen MR) is 72.2 cm³/mol. The Hall–Kier alpha value is -0.460. The summed E-state index contributed by atoms with van der Waals surface area (Å²) in [4.78, 5) is 0. The fourth-order valence-electron chi connectivity index (χ4n) is 3.25. The van der Waals surface area contributed by atoms with Crippen molar-refractivity contribution in [3.63, 3.8) is 0 Å². The highest BCUT2D eigenvalue weighted by molar-refractivity contribution is 5.19. The number of nitrogens with two attached hydrogens (primary N) is 1. The molecule has 1 saturated carbocycles. The third-order valence-corrected chi connectivity index (χ3v) is 4.49. The quantitative estimate of drug-likeness (QED) is 0.739. The summed E-state index contributed by atoms with van der Waals surface area (Å²) in [5, 5.41) is 0. The van der Waals surface area contributed by atoms with Gasteiger partial charge in [0.15, 0.2) is 0 Å². The van der Waals surface area contributed by atoms with E-state index in [0.717, 1.165) is 11.6 Å². The molecule has 0 atom stereocenters. The van der Waals surface area contributed by atoms with Crippen LogP contribution in [0.15, 0.2) is 11.3 Å². The van der Waals surface area contributed by atoms with Crippen molar-refractivity contribution < 1.29 is 0 Å². The molecule has 0 saturated heterocycles. The lowest BCUT2D eigenvalue weighted by Gasteiger charge is -2.40. The van der Waals surface area contributed by atoms with Gasteiger partial charge in [-0.3, -0.25) is 0 Å². The van der Waals surface area contributed by atoms with Crippen molar-refractivity contribution in [2.45, 2.75) is 72.6 Å². The van der Waals surface area contributed by atoms with Crippen molar-refractivity contribution >= 4 is 0 Å². The largest absolute Gasteiger partial charge is 0.402 e. The topological polar surface area (TPSA) is 26.0 Å². The van der Waals surface area contributed by atoms with Crippen molar-refractivity contribution in [3.05, 3.63) is 11.3 Å². The number of rotatable bonds is 4. The van der Waals surface area contributed by atoms with Gasteiger partial charge < -0.3 is 5.73 Å². The molecule has 0 bridgehead atoms. The standard InChI is InChI=1S/C15H29N/c1-5-7-14(12(3)16)15(4)10-8-13(6-2)9-11-15/h13H,5-11,16H2,1-4H3/b14-12+. The molecule has 0 aromatic rings. The average Bonchev–Trinajstić information content (AvgIpc) is 2.26. The molecule has 0 radical (unpaired) electrons. The number of hydrogen-bond donors (Lipinski definition) is 1. The van der Waals surface area contributed by atoms with Gasteiger partial charge in [0.2, 0.25) is 0 Å². The lowest BCUT2D eigenvalue weighted by Crippen LogP contribution is -2.28.